The molecule has 3 rings (SSSR count). The largest absolute Gasteiger partial charge is 0.484 e. The second-order valence-corrected chi connectivity index (χ2v) is 7.05. The van der Waals surface area contributed by atoms with Crippen LogP contribution in [0.4, 0.5) is 5.13 Å². The van der Waals surface area contributed by atoms with Crippen molar-refractivity contribution in [2.45, 2.75) is 26.2 Å². The van der Waals surface area contributed by atoms with E-state index in [9.17, 15) is 4.79 Å². The molecule has 22 heavy (non-hydrogen) atoms. The predicted octanol–water partition coefficient (Wildman–Crippen LogP) is 3.94. The molecule has 2 aromatic rings. The van der Waals surface area contributed by atoms with Crippen LogP contribution in [0.1, 0.15) is 23.9 Å². The number of rotatable bonds is 4. The van der Waals surface area contributed by atoms with Gasteiger partial charge < -0.3 is 4.74 Å². The maximum atomic E-state index is 11.9. The van der Waals surface area contributed by atoms with E-state index in [2.05, 4.69) is 17.2 Å². The second kappa shape index (κ2) is 6.67. The molecule has 1 aromatic heterocycles. The monoisotopic (exact) mass is 336 g/mol. The molecule has 1 amide bonds. The lowest BCUT2D eigenvalue weighted by atomic mass is 9.93. The van der Waals surface area contributed by atoms with Crippen LogP contribution in [0.25, 0.3) is 0 Å². The summed E-state index contributed by atoms with van der Waals surface area (Å²) in [4.78, 5) is 17.7. The van der Waals surface area contributed by atoms with E-state index in [1.54, 1.807) is 35.6 Å². The molecule has 6 heteroatoms. The van der Waals surface area contributed by atoms with Gasteiger partial charge in [-0.1, -0.05) is 18.5 Å². The van der Waals surface area contributed by atoms with Crippen LogP contribution in [-0.2, 0) is 17.6 Å². The van der Waals surface area contributed by atoms with E-state index in [4.69, 9.17) is 16.3 Å². The SMILES string of the molecule is C[C@H]1CCc2nc(NC(=O)COc3ccc(Cl)cc3)sc2C1. The fraction of sp³-hybridized carbons (Fsp3) is 0.375. The van der Waals surface area contributed by atoms with Crippen LogP contribution in [0.15, 0.2) is 24.3 Å². The quantitative estimate of drug-likeness (QED) is 0.920. The molecule has 4 nitrogen and oxygen atoms in total. The van der Waals surface area contributed by atoms with Gasteiger partial charge >= 0.3 is 0 Å². The molecule has 0 spiro atoms. The highest BCUT2D eigenvalue weighted by atomic mass is 35.5. The normalized spacial score (nSPS) is 16.9. The molecular formula is C16H17ClN2O2S. The van der Waals surface area contributed by atoms with Crippen molar-refractivity contribution < 1.29 is 9.53 Å². The Kier molecular flexibility index (Phi) is 4.64. The molecule has 1 heterocycles. The van der Waals surface area contributed by atoms with E-state index in [-0.39, 0.29) is 12.5 Å². The van der Waals surface area contributed by atoms with Crippen LogP contribution < -0.4 is 10.1 Å². The number of nitrogens with zero attached hydrogens (tertiary/aromatic N) is 1. The minimum absolute atomic E-state index is 0.0394. The highest BCUT2D eigenvalue weighted by molar-refractivity contribution is 7.15. The number of halogens is 1. The summed E-state index contributed by atoms with van der Waals surface area (Å²) < 4.78 is 5.42. The lowest BCUT2D eigenvalue weighted by Crippen LogP contribution is -2.20. The van der Waals surface area contributed by atoms with Crippen molar-refractivity contribution in [1.29, 1.82) is 0 Å². The van der Waals surface area contributed by atoms with Gasteiger partial charge in [-0.2, -0.15) is 0 Å². The summed E-state index contributed by atoms with van der Waals surface area (Å²) in [6.07, 6.45) is 3.23. The van der Waals surface area contributed by atoms with Crippen molar-refractivity contribution in [3.05, 3.63) is 39.9 Å². The van der Waals surface area contributed by atoms with Gasteiger partial charge in [0, 0.05) is 9.90 Å². The van der Waals surface area contributed by atoms with Gasteiger partial charge in [-0.05, 0) is 49.4 Å². The topological polar surface area (TPSA) is 51.2 Å². The zero-order chi connectivity index (χ0) is 15.5. The Bertz CT molecular complexity index is 669. The van der Waals surface area contributed by atoms with Gasteiger partial charge in [0.25, 0.3) is 5.91 Å². The van der Waals surface area contributed by atoms with Crippen LogP contribution in [0, 0.1) is 5.92 Å². The van der Waals surface area contributed by atoms with E-state index >= 15 is 0 Å². The number of fused-ring (bicyclic) bond motifs is 1. The van der Waals surface area contributed by atoms with Gasteiger partial charge in [0.05, 0.1) is 5.69 Å². The highest BCUT2D eigenvalue weighted by Gasteiger charge is 2.20. The molecular weight excluding hydrogens is 320 g/mol. The molecule has 1 aliphatic carbocycles. The zero-order valence-electron chi connectivity index (χ0n) is 12.3. The Balaban J connectivity index is 1.54. The number of carbonyl (C=O) groups excluding carboxylic acids is 1. The number of aromatic nitrogens is 1. The molecule has 0 aliphatic heterocycles. The average molecular weight is 337 g/mol. The summed E-state index contributed by atoms with van der Waals surface area (Å²) in [5.74, 6) is 1.12. The molecule has 0 bridgehead atoms. The number of amides is 1. The number of carbonyl (C=O) groups is 1. The number of hydrogen-bond acceptors (Lipinski definition) is 4. The molecule has 0 fully saturated rings. The Morgan fingerprint density at radius 2 is 2.23 bits per heavy atom. The summed E-state index contributed by atoms with van der Waals surface area (Å²) in [5, 5.41) is 4.12. The first-order valence-electron chi connectivity index (χ1n) is 7.27. The van der Waals surface area contributed by atoms with Crippen LogP contribution in [0.3, 0.4) is 0 Å². The smallest absolute Gasteiger partial charge is 0.264 e. The van der Waals surface area contributed by atoms with Gasteiger partial charge in [0.2, 0.25) is 0 Å². The lowest BCUT2D eigenvalue weighted by Gasteiger charge is -2.15. The molecule has 0 saturated carbocycles. The van der Waals surface area contributed by atoms with E-state index in [1.807, 2.05) is 0 Å². The van der Waals surface area contributed by atoms with Gasteiger partial charge in [-0.25, -0.2) is 4.98 Å². The number of hydrogen-bond donors (Lipinski definition) is 1. The summed E-state index contributed by atoms with van der Waals surface area (Å²) >= 11 is 7.37. The van der Waals surface area contributed by atoms with Crippen molar-refractivity contribution in [3.8, 4) is 5.75 Å². The fourth-order valence-corrected chi connectivity index (χ4v) is 3.74. The first kappa shape index (κ1) is 15.3. The molecule has 116 valence electrons. The highest BCUT2D eigenvalue weighted by Crippen LogP contribution is 2.32. The van der Waals surface area contributed by atoms with Gasteiger partial charge in [0.15, 0.2) is 11.7 Å². The lowest BCUT2D eigenvalue weighted by molar-refractivity contribution is -0.118. The summed E-state index contributed by atoms with van der Waals surface area (Å²) in [5.41, 5.74) is 1.14. The Morgan fingerprint density at radius 3 is 3.00 bits per heavy atom. The summed E-state index contributed by atoms with van der Waals surface area (Å²) in [7, 11) is 0. The number of aryl methyl sites for hydroxylation is 1. The molecule has 0 saturated heterocycles. The summed E-state index contributed by atoms with van der Waals surface area (Å²) in [6, 6.07) is 6.92. The van der Waals surface area contributed by atoms with Crippen molar-refractivity contribution in [2.24, 2.45) is 5.92 Å². The number of benzene rings is 1. The third-order valence-corrected chi connectivity index (χ3v) is 4.90. The maximum Gasteiger partial charge on any atom is 0.264 e. The van der Waals surface area contributed by atoms with E-state index < -0.39 is 0 Å². The molecule has 1 atom stereocenters. The minimum atomic E-state index is -0.200. The van der Waals surface area contributed by atoms with Crippen molar-refractivity contribution in [2.75, 3.05) is 11.9 Å². The third-order valence-electron chi connectivity index (χ3n) is 3.62. The minimum Gasteiger partial charge on any atom is -0.484 e. The predicted molar refractivity (Wildman–Crippen MR) is 88.9 cm³/mol. The van der Waals surface area contributed by atoms with Crippen molar-refractivity contribution >= 4 is 34.0 Å². The van der Waals surface area contributed by atoms with Crippen LogP contribution in [0.5, 0.6) is 5.75 Å². The van der Waals surface area contributed by atoms with Crippen molar-refractivity contribution in [1.82, 2.24) is 4.98 Å². The standard InChI is InChI=1S/C16H17ClN2O2S/c1-10-2-7-13-14(8-10)22-16(18-13)19-15(20)9-21-12-5-3-11(17)4-6-12/h3-6,10H,2,7-9H2,1H3,(H,18,19,20)/t10-/m0/s1. The molecule has 1 aromatic carbocycles. The van der Waals surface area contributed by atoms with Gasteiger partial charge in [0.1, 0.15) is 5.75 Å². The first-order chi connectivity index (χ1) is 10.6. The molecule has 0 unspecified atom stereocenters. The van der Waals surface area contributed by atoms with Crippen LogP contribution >= 0.6 is 22.9 Å². The summed E-state index contributed by atoms with van der Waals surface area (Å²) in [6.45, 7) is 2.21. The van der Waals surface area contributed by atoms with Crippen molar-refractivity contribution in [3.63, 3.8) is 0 Å². The Hall–Kier alpha value is -1.59. The van der Waals surface area contributed by atoms with E-state index in [1.165, 1.54) is 11.3 Å². The van der Waals surface area contributed by atoms with Gasteiger partial charge in [-0.3, -0.25) is 10.1 Å². The van der Waals surface area contributed by atoms with Crippen LogP contribution in [-0.4, -0.2) is 17.5 Å². The fourth-order valence-electron chi connectivity index (χ4n) is 2.43. The van der Waals surface area contributed by atoms with Crippen LogP contribution in [0.2, 0.25) is 5.02 Å². The Labute approximate surface area is 138 Å². The Morgan fingerprint density at radius 1 is 1.45 bits per heavy atom. The number of thiazole rings is 1. The first-order valence-corrected chi connectivity index (χ1v) is 8.46. The maximum absolute atomic E-state index is 11.9. The van der Waals surface area contributed by atoms with Gasteiger partial charge in [-0.15, -0.1) is 11.3 Å². The number of ether oxygens (including phenoxy) is 1. The average Bonchev–Trinajstić information content (AvgIpc) is 2.88. The third kappa shape index (κ3) is 3.78. The van der Waals surface area contributed by atoms with E-state index in [0.29, 0.717) is 21.8 Å². The molecule has 1 aliphatic rings. The molecule has 1 N–H and O–H groups in total. The number of anilines is 1. The van der Waals surface area contributed by atoms with E-state index in [0.717, 1.165) is 18.5 Å². The zero-order valence-corrected chi connectivity index (χ0v) is 13.8. The number of nitrogens with one attached hydrogen (secondary N) is 1. The second-order valence-electron chi connectivity index (χ2n) is 5.53. The molecule has 0 radical (unpaired) electrons.